The Balaban J connectivity index is 1.40. The first-order valence-corrected chi connectivity index (χ1v) is 11.5. The number of halogens is 1. The summed E-state index contributed by atoms with van der Waals surface area (Å²) < 4.78 is 21.2. The number of aryl methyl sites for hydroxylation is 1. The maximum Gasteiger partial charge on any atom is 0.221 e. The SMILES string of the molecule is Cc1ccc(-c2n[nH]c(=S)n2CCC(=O)NC[C@@H](c2ccc(F)cc2)N2CCOCC2)cc1. The number of benzene rings is 2. The van der Waals surface area contributed by atoms with Crippen molar-refractivity contribution in [1.29, 1.82) is 0 Å². The predicted octanol–water partition coefficient (Wildman–Crippen LogP) is 3.64. The summed E-state index contributed by atoms with van der Waals surface area (Å²) in [6, 6.07) is 14.4. The lowest BCUT2D eigenvalue weighted by Crippen LogP contribution is -2.43. The topological polar surface area (TPSA) is 75.2 Å². The van der Waals surface area contributed by atoms with Gasteiger partial charge in [-0.2, -0.15) is 5.10 Å². The van der Waals surface area contributed by atoms with Crippen LogP contribution in [0.1, 0.15) is 23.6 Å². The van der Waals surface area contributed by atoms with Crippen molar-refractivity contribution in [2.45, 2.75) is 25.9 Å². The summed E-state index contributed by atoms with van der Waals surface area (Å²) in [6.45, 7) is 5.71. The van der Waals surface area contributed by atoms with E-state index in [-0.39, 0.29) is 24.2 Å². The second kappa shape index (κ2) is 10.8. The van der Waals surface area contributed by atoms with E-state index in [1.807, 2.05) is 35.8 Å². The minimum absolute atomic E-state index is 0.0438. The lowest BCUT2D eigenvalue weighted by Gasteiger charge is -2.35. The summed E-state index contributed by atoms with van der Waals surface area (Å²) >= 11 is 5.38. The summed E-state index contributed by atoms with van der Waals surface area (Å²) in [5.74, 6) is 0.364. The number of ether oxygens (including phenoxy) is 1. The van der Waals surface area contributed by atoms with Crippen LogP contribution in [0.5, 0.6) is 0 Å². The van der Waals surface area contributed by atoms with Gasteiger partial charge in [-0.25, -0.2) is 4.39 Å². The van der Waals surface area contributed by atoms with Crippen LogP contribution in [0, 0.1) is 17.5 Å². The highest BCUT2D eigenvalue weighted by Gasteiger charge is 2.23. The maximum absolute atomic E-state index is 13.4. The van der Waals surface area contributed by atoms with Gasteiger partial charge in [-0.15, -0.1) is 0 Å². The standard InChI is InChI=1S/C24H28FN5O2S/c1-17-2-4-19(5-3-17)23-27-28-24(33)30(23)11-10-22(31)26-16-21(29-12-14-32-15-13-29)18-6-8-20(25)9-7-18/h2-9,21H,10-16H2,1H3,(H,26,31)(H,28,33)/t21-/m0/s1. The van der Waals surface area contributed by atoms with Gasteiger partial charge in [0.25, 0.3) is 0 Å². The van der Waals surface area contributed by atoms with E-state index in [4.69, 9.17) is 17.0 Å². The van der Waals surface area contributed by atoms with Crippen LogP contribution < -0.4 is 5.32 Å². The molecule has 9 heteroatoms. The molecule has 1 aliphatic heterocycles. The van der Waals surface area contributed by atoms with E-state index in [0.717, 1.165) is 29.8 Å². The molecule has 1 saturated heterocycles. The van der Waals surface area contributed by atoms with Gasteiger partial charge >= 0.3 is 0 Å². The largest absolute Gasteiger partial charge is 0.379 e. The van der Waals surface area contributed by atoms with Crippen molar-refractivity contribution < 1.29 is 13.9 Å². The van der Waals surface area contributed by atoms with Gasteiger partial charge in [-0.3, -0.25) is 19.4 Å². The van der Waals surface area contributed by atoms with E-state index >= 15 is 0 Å². The van der Waals surface area contributed by atoms with E-state index in [0.29, 0.717) is 36.9 Å². The summed E-state index contributed by atoms with van der Waals surface area (Å²) in [7, 11) is 0. The molecule has 0 spiro atoms. The molecule has 0 saturated carbocycles. The molecule has 2 heterocycles. The van der Waals surface area contributed by atoms with Crippen LogP contribution in [0.25, 0.3) is 11.4 Å². The van der Waals surface area contributed by atoms with Crippen LogP contribution in [0.2, 0.25) is 0 Å². The molecule has 174 valence electrons. The average Bonchev–Trinajstić information content (AvgIpc) is 3.20. The number of nitrogens with one attached hydrogen (secondary N) is 2. The van der Waals surface area contributed by atoms with Gasteiger partial charge in [-0.05, 0) is 36.8 Å². The third kappa shape index (κ3) is 5.93. The molecule has 0 unspecified atom stereocenters. The van der Waals surface area contributed by atoms with E-state index in [1.165, 1.54) is 12.1 Å². The first kappa shape index (κ1) is 23.3. The van der Waals surface area contributed by atoms with Crippen LogP contribution in [0.4, 0.5) is 4.39 Å². The van der Waals surface area contributed by atoms with Crippen LogP contribution in [0.3, 0.4) is 0 Å². The highest BCUT2D eigenvalue weighted by Crippen LogP contribution is 2.22. The molecular formula is C24H28FN5O2S. The number of morpholine rings is 1. The lowest BCUT2D eigenvalue weighted by molar-refractivity contribution is -0.121. The Labute approximate surface area is 197 Å². The van der Waals surface area contributed by atoms with Crippen molar-refractivity contribution in [3.8, 4) is 11.4 Å². The number of amides is 1. The van der Waals surface area contributed by atoms with Gasteiger partial charge in [0.05, 0.1) is 19.3 Å². The van der Waals surface area contributed by atoms with Crippen LogP contribution >= 0.6 is 12.2 Å². The Hall–Kier alpha value is -2.88. The Morgan fingerprint density at radius 3 is 2.58 bits per heavy atom. The average molecular weight is 470 g/mol. The molecule has 1 aromatic heterocycles. The first-order valence-electron chi connectivity index (χ1n) is 11.1. The van der Waals surface area contributed by atoms with E-state index in [1.54, 1.807) is 12.1 Å². The molecule has 1 amide bonds. The summed E-state index contributed by atoms with van der Waals surface area (Å²) in [6.07, 6.45) is 0.270. The second-order valence-electron chi connectivity index (χ2n) is 8.14. The number of H-pyrrole nitrogens is 1. The molecular weight excluding hydrogens is 441 g/mol. The lowest BCUT2D eigenvalue weighted by atomic mass is 10.0. The minimum atomic E-state index is -0.273. The van der Waals surface area contributed by atoms with Crippen molar-refractivity contribution in [2.24, 2.45) is 0 Å². The number of hydrogen-bond donors (Lipinski definition) is 2. The summed E-state index contributed by atoms with van der Waals surface area (Å²) in [4.78, 5) is 15.0. The molecule has 7 nitrogen and oxygen atoms in total. The number of aromatic amines is 1. The molecule has 2 N–H and O–H groups in total. The second-order valence-corrected chi connectivity index (χ2v) is 8.53. The monoisotopic (exact) mass is 469 g/mol. The molecule has 1 aliphatic rings. The van der Waals surface area contributed by atoms with Gasteiger partial charge in [0.1, 0.15) is 5.82 Å². The number of nitrogens with zero attached hydrogens (tertiary/aromatic N) is 3. The Morgan fingerprint density at radius 2 is 1.88 bits per heavy atom. The number of hydrogen-bond acceptors (Lipinski definition) is 5. The molecule has 33 heavy (non-hydrogen) atoms. The smallest absolute Gasteiger partial charge is 0.221 e. The van der Waals surface area contributed by atoms with E-state index < -0.39 is 0 Å². The van der Waals surface area contributed by atoms with Gasteiger partial charge in [0.15, 0.2) is 10.6 Å². The highest BCUT2D eigenvalue weighted by molar-refractivity contribution is 7.71. The van der Waals surface area contributed by atoms with Crippen LogP contribution in [-0.4, -0.2) is 58.4 Å². The summed E-state index contributed by atoms with van der Waals surface area (Å²) in [5, 5.41) is 10.2. The quantitative estimate of drug-likeness (QED) is 0.493. The fourth-order valence-electron chi connectivity index (χ4n) is 3.99. The number of rotatable bonds is 8. The molecule has 0 bridgehead atoms. The van der Waals surface area contributed by atoms with Gasteiger partial charge in [-0.1, -0.05) is 42.0 Å². The van der Waals surface area contributed by atoms with Crippen LogP contribution in [0.15, 0.2) is 48.5 Å². The third-order valence-corrected chi connectivity index (χ3v) is 6.18. The zero-order valence-corrected chi connectivity index (χ0v) is 19.4. The number of carbonyl (C=O) groups is 1. The molecule has 1 fully saturated rings. The van der Waals surface area contributed by atoms with Gasteiger partial charge in [0, 0.05) is 38.2 Å². The number of carbonyl (C=O) groups excluding carboxylic acids is 1. The molecule has 4 rings (SSSR count). The Morgan fingerprint density at radius 1 is 1.18 bits per heavy atom. The Kier molecular flexibility index (Phi) is 7.64. The fourth-order valence-corrected chi connectivity index (χ4v) is 4.22. The van der Waals surface area contributed by atoms with Gasteiger partial charge in [0.2, 0.25) is 5.91 Å². The van der Waals surface area contributed by atoms with Crippen LogP contribution in [-0.2, 0) is 16.1 Å². The third-order valence-electron chi connectivity index (χ3n) is 5.86. The first-order chi connectivity index (χ1) is 16.0. The highest BCUT2D eigenvalue weighted by atomic mass is 32.1. The van der Waals surface area contributed by atoms with Crippen molar-refractivity contribution in [3.05, 3.63) is 70.2 Å². The van der Waals surface area contributed by atoms with E-state index in [2.05, 4.69) is 20.4 Å². The van der Waals surface area contributed by atoms with Crippen molar-refractivity contribution >= 4 is 18.1 Å². The molecule has 1 atom stereocenters. The van der Waals surface area contributed by atoms with E-state index in [9.17, 15) is 9.18 Å². The molecule has 0 aliphatic carbocycles. The molecule has 3 aromatic rings. The summed E-state index contributed by atoms with van der Waals surface area (Å²) in [5.41, 5.74) is 3.07. The number of aromatic nitrogens is 3. The zero-order chi connectivity index (χ0) is 23.2. The van der Waals surface area contributed by atoms with Crippen molar-refractivity contribution in [3.63, 3.8) is 0 Å². The maximum atomic E-state index is 13.4. The molecule has 2 aromatic carbocycles. The predicted molar refractivity (Wildman–Crippen MR) is 127 cm³/mol. The zero-order valence-electron chi connectivity index (χ0n) is 18.6. The van der Waals surface area contributed by atoms with Gasteiger partial charge < -0.3 is 10.1 Å². The van der Waals surface area contributed by atoms with Crippen molar-refractivity contribution in [1.82, 2.24) is 25.0 Å². The Bertz CT molecular complexity index is 1120. The minimum Gasteiger partial charge on any atom is -0.379 e. The van der Waals surface area contributed by atoms with Crippen molar-refractivity contribution in [2.75, 3.05) is 32.8 Å². The molecule has 0 radical (unpaired) electrons. The normalized spacial score (nSPS) is 15.3. The fraction of sp³-hybridized carbons (Fsp3) is 0.375.